The Labute approximate surface area is 71.1 Å². The van der Waals surface area contributed by atoms with Crippen LogP contribution in [0.5, 0.6) is 0 Å². The van der Waals surface area contributed by atoms with Crippen molar-refractivity contribution < 1.29 is 13.5 Å². The summed E-state index contributed by atoms with van der Waals surface area (Å²) in [5, 5.41) is 0. The van der Waals surface area contributed by atoms with Crippen molar-refractivity contribution in [1.29, 1.82) is 0 Å². The molecule has 1 atom stereocenters. The van der Waals surface area contributed by atoms with Crippen LogP contribution in [-0.2, 0) is 4.74 Å². The number of ether oxygens (including phenoxy) is 1. The standard InChI is InChI=1S/C8H15F2NO/c9-8(10,6-11)4-7-2-1-3-12-5-7/h7H,1-6,11H2. The van der Waals surface area contributed by atoms with E-state index in [1.165, 1.54) is 0 Å². The lowest BCUT2D eigenvalue weighted by Gasteiger charge is -2.25. The quantitative estimate of drug-likeness (QED) is 0.710. The Morgan fingerprint density at radius 2 is 2.25 bits per heavy atom. The van der Waals surface area contributed by atoms with Gasteiger partial charge in [-0.2, -0.15) is 0 Å². The Morgan fingerprint density at radius 1 is 1.50 bits per heavy atom. The van der Waals surface area contributed by atoms with Gasteiger partial charge in [0.25, 0.3) is 5.92 Å². The zero-order valence-corrected chi connectivity index (χ0v) is 7.06. The molecule has 0 radical (unpaired) electrons. The van der Waals surface area contributed by atoms with Crippen molar-refractivity contribution in [2.45, 2.75) is 25.2 Å². The molecule has 0 aromatic rings. The van der Waals surface area contributed by atoms with E-state index in [4.69, 9.17) is 10.5 Å². The van der Waals surface area contributed by atoms with Gasteiger partial charge < -0.3 is 10.5 Å². The first-order valence-electron chi connectivity index (χ1n) is 4.30. The molecule has 1 unspecified atom stereocenters. The summed E-state index contributed by atoms with van der Waals surface area (Å²) in [5.41, 5.74) is 4.93. The van der Waals surface area contributed by atoms with Gasteiger partial charge >= 0.3 is 0 Å². The summed E-state index contributed by atoms with van der Waals surface area (Å²) in [6.45, 7) is 0.629. The Bertz CT molecular complexity index is 135. The molecule has 0 spiro atoms. The highest BCUT2D eigenvalue weighted by Gasteiger charge is 2.31. The zero-order valence-electron chi connectivity index (χ0n) is 7.06. The molecule has 2 N–H and O–H groups in total. The van der Waals surface area contributed by atoms with Crippen LogP contribution in [0.15, 0.2) is 0 Å². The summed E-state index contributed by atoms with van der Waals surface area (Å²) in [6, 6.07) is 0. The van der Waals surface area contributed by atoms with E-state index in [1.807, 2.05) is 0 Å². The second-order valence-electron chi connectivity index (χ2n) is 3.35. The Balaban J connectivity index is 2.28. The summed E-state index contributed by atoms with van der Waals surface area (Å²) < 4.78 is 30.6. The normalized spacial score (nSPS) is 25.8. The van der Waals surface area contributed by atoms with Crippen molar-refractivity contribution >= 4 is 0 Å². The molecule has 0 amide bonds. The van der Waals surface area contributed by atoms with Gasteiger partial charge in [-0.3, -0.25) is 0 Å². The molecule has 1 aliphatic rings. The molecule has 0 saturated carbocycles. The van der Waals surface area contributed by atoms with Gasteiger partial charge in [-0.25, -0.2) is 8.78 Å². The maximum absolute atomic E-state index is 12.8. The van der Waals surface area contributed by atoms with Crippen LogP contribution in [0.1, 0.15) is 19.3 Å². The number of rotatable bonds is 3. The number of hydrogen-bond acceptors (Lipinski definition) is 2. The van der Waals surface area contributed by atoms with E-state index < -0.39 is 12.5 Å². The number of nitrogens with two attached hydrogens (primary N) is 1. The average molecular weight is 179 g/mol. The molecule has 2 nitrogen and oxygen atoms in total. The predicted molar refractivity (Wildman–Crippen MR) is 42.2 cm³/mol. The molecule has 4 heteroatoms. The summed E-state index contributed by atoms with van der Waals surface area (Å²) in [7, 11) is 0. The second-order valence-corrected chi connectivity index (χ2v) is 3.35. The molecule has 72 valence electrons. The third kappa shape index (κ3) is 3.03. The van der Waals surface area contributed by atoms with Crippen LogP contribution in [-0.4, -0.2) is 25.7 Å². The highest BCUT2D eigenvalue weighted by Crippen LogP contribution is 2.27. The van der Waals surface area contributed by atoms with Crippen molar-refractivity contribution in [3.05, 3.63) is 0 Å². The number of alkyl halides is 2. The van der Waals surface area contributed by atoms with Crippen molar-refractivity contribution in [3.63, 3.8) is 0 Å². The molecule has 0 aromatic heterocycles. The van der Waals surface area contributed by atoms with Crippen molar-refractivity contribution in [2.75, 3.05) is 19.8 Å². The maximum atomic E-state index is 12.8. The molecule has 0 bridgehead atoms. The van der Waals surface area contributed by atoms with Crippen molar-refractivity contribution in [2.24, 2.45) is 11.7 Å². The Morgan fingerprint density at radius 3 is 2.75 bits per heavy atom. The zero-order chi connectivity index (χ0) is 9.03. The third-order valence-corrected chi connectivity index (χ3v) is 2.14. The van der Waals surface area contributed by atoms with Gasteiger partial charge in [-0.1, -0.05) is 0 Å². The Hall–Kier alpha value is -0.220. The first kappa shape index (κ1) is 9.86. The largest absolute Gasteiger partial charge is 0.381 e. The molecule has 1 fully saturated rings. The average Bonchev–Trinajstić information content (AvgIpc) is 2.06. The minimum absolute atomic E-state index is 0.00250. The van der Waals surface area contributed by atoms with Gasteiger partial charge in [-0.05, 0) is 18.8 Å². The van der Waals surface area contributed by atoms with Crippen LogP contribution in [0, 0.1) is 5.92 Å². The monoisotopic (exact) mass is 179 g/mol. The van der Waals surface area contributed by atoms with Crippen LogP contribution >= 0.6 is 0 Å². The van der Waals surface area contributed by atoms with Crippen LogP contribution in [0.25, 0.3) is 0 Å². The highest BCUT2D eigenvalue weighted by atomic mass is 19.3. The molecule has 1 saturated heterocycles. The summed E-state index contributed by atoms with van der Waals surface area (Å²) in [6.07, 6.45) is 1.62. The van der Waals surface area contributed by atoms with E-state index in [9.17, 15) is 8.78 Å². The molecule has 1 aliphatic heterocycles. The lowest BCUT2D eigenvalue weighted by molar-refractivity contribution is -0.0424. The predicted octanol–water partition coefficient (Wildman–Crippen LogP) is 1.40. The minimum atomic E-state index is -2.70. The van der Waals surface area contributed by atoms with E-state index in [0.717, 1.165) is 12.8 Å². The van der Waals surface area contributed by atoms with E-state index in [1.54, 1.807) is 0 Å². The highest BCUT2D eigenvalue weighted by molar-refractivity contribution is 4.74. The van der Waals surface area contributed by atoms with Gasteiger partial charge in [0.05, 0.1) is 6.54 Å². The van der Waals surface area contributed by atoms with Crippen LogP contribution in [0.2, 0.25) is 0 Å². The second kappa shape index (κ2) is 4.14. The van der Waals surface area contributed by atoms with E-state index in [2.05, 4.69) is 0 Å². The summed E-state index contributed by atoms with van der Waals surface area (Å²) >= 11 is 0. The van der Waals surface area contributed by atoms with Crippen LogP contribution < -0.4 is 5.73 Å². The Kier molecular flexibility index (Phi) is 3.40. The van der Waals surface area contributed by atoms with Crippen LogP contribution in [0.3, 0.4) is 0 Å². The fraction of sp³-hybridized carbons (Fsp3) is 1.00. The number of halogens is 2. The molecule has 12 heavy (non-hydrogen) atoms. The summed E-state index contributed by atoms with van der Waals surface area (Å²) in [5.74, 6) is -2.71. The maximum Gasteiger partial charge on any atom is 0.260 e. The fourth-order valence-electron chi connectivity index (χ4n) is 1.47. The first-order chi connectivity index (χ1) is 5.64. The fourth-order valence-corrected chi connectivity index (χ4v) is 1.47. The molecule has 1 heterocycles. The smallest absolute Gasteiger partial charge is 0.260 e. The molecular formula is C8H15F2NO. The van der Waals surface area contributed by atoms with Gasteiger partial charge in [0.15, 0.2) is 0 Å². The lowest BCUT2D eigenvalue weighted by Crippen LogP contribution is -2.33. The van der Waals surface area contributed by atoms with E-state index in [0.29, 0.717) is 13.2 Å². The van der Waals surface area contributed by atoms with Crippen LogP contribution in [0.4, 0.5) is 8.78 Å². The van der Waals surface area contributed by atoms with E-state index in [-0.39, 0.29) is 12.3 Å². The molecule has 0 aromatic carbocycles. The van der Waals surface area contributed by atoms with E-state index >= 15 is 0 Å². The van der Waals surface area contributed by atoms with Gasteiger partial charge in [0.1, 0.15) is 0 Å². The van der Waals surface area contributed by atoms with Crippen molar-refractivity contribution in [1.82, 2.24) is 0 Å². The van der Waals surface area contributed by atoms with Crippen molar-refractivity contribution in [3.8, 4) is 0 Å². The third-order valence-electron chi connectivity index (χ3n) is 2.14. The summed E-state index contributed by atoms with van der Waals surface area (Å²) in [4.78, 5) is 0. The minimum Gasteiger partial charge on any atom is -0.381 e. The van der Waals surface area contributed by atoms with Gasteiger partial charge in [0, 0.05) is 19.6 Å². The van der Waals surface area contributed by atoms with Gasteiger partial charge in [-0.15, -0.1) is 0 Å². The molecular weight excluding hydrogens is 164 g/mol. The SMILES string of the molecule is NCC(F)(F)CC1CCCOC1. The lowest BCUT2D eigenvalue weighted by atomic mass is 9.95. The van der Waals surface area contributed by atoms with Gasteiger partial charge in [0.2, 0.25) is 0 Å². The molecule has 0 aliphatic carbocycles. The first-order valence-corrected chi connectivity index (χ1v) is 4.30. The topological polar surface area (TPSA) is 35.2 Å². The number of hydrogen-bond donors (Lipinski definition) is 1. The molecule has 1 rings (SSSR count).